The van der Waals surface area contributed by atoms with Gasteiger partial charge in [-0.2, -0.15) is 13.2 Å². The molecule has 0 aromatic carbocycles. The molecule has 0 radical (unpaired) electrons. The summed E-state index contributed by atoms with van der Waals surface area (Å²) in [6.45, 7) is 6.52. The molecular weight excluding hydrogens is 281 g/mol. The summed E-state index contributed by atoms with van der Waals surface area (Å²) in [5.74, 6) is -0.601. The molecule has 1 aromatic heterocycles. The van der Waals surface area contributed by atoms with Gasteiger partial charge >= 0.3 is 6.18 Å². The van der Waals surface area contributed by atoms with Gasteiger partial charge in [0.1, 0.15) is 11.6 Å². The quantitative estimate of drug-likeness (QED) is 0.828. The van der Waals surface area contributed by atoms with Crippen LogP contribution in [0.15, 0.2) is 6.07 Å². The lowest BCUT2D eigenvalue weighted by Crippen LogP contribution is -2.30. The Labute approximate surface area is 123 Å². The van der Waals surface area contributed by atoms with Gasteiger partial charge in [0.05, 0.1) is 0 Å². The molecular formula is C14H23F3N4. The highest BCUT2D eigenvalue weighted by atomic mass is 19.4. The fourth-order valence-electron chi connectivity index (χ4n) is 1.92. The van der Waals surface area contributed by atoms with E-state index in [4.69, 9.17) is 0 Å². The van der Waals surface area contributed by atoms with Crippen LogP contribution >= 0.6 is 0 Å². The highest BCUT2D eigenvalue weighted by Gasteiger charge is 2.36. The average Bonchev–Trinajstić information content (AvgIpc) is 2.43. The zero-order chi connectivity index (χ0) is 16.0. The topological polar surface area (TPSA) is 41.0 Å². The van der Waals surface area contributed by atoms with Gasteiger partial charge < -0.3 is 10.2 Å². The van der Waals surface area contributed by atoms with E-state index in [9.17, 15) is 13.2 Å². The van der Waals surface area contributed by atoms with Crippen molar-refractivity contribution in [1.29, 1.82) is 0 Å². The molecule has 21 heavy (non-hydrogen) atoms. The number of nitrogens with zero attached hydrogens (tertiary/aromatic N) is 3. The third-order valence-corrected chi connectivity index (χ3v) is 3.25. The van der Waals surface area contributed by atoms with Gasteiger partial charge in [0.2, 0.25) is 5.82 Å². The average molecular weight is 304 g/mol. The molecule has 0 aliphatic carbocycles. The van der Waals surface area contributed by atoms with Crippen LogP contribution in [0.25, 0.3) is 0 Å². The maximum Gasteiger partial charge on any atom is 0.451 e. The predicted molar refractivity (Wildman–Crippen MR) is 78.6 cm³/mol. The molecule has 1 N–H and O–H groups in total. The first kappa shape index (κ1) is 17.5. The summed E-state index contributed by atoms with van der Waals surface area (Å²) in [6.07, 6.45) is -1.89. The fourth-order valence-corrected chi connectivity index (χ4v) is 1.92. The molecule has 0 saturated carbocycles. The summed E-state index contributed by atoms with van der Waals surface area (Å²) in [4.78, 5) is 8.98. The van der Waals surface area contributed by atoms with Crippen LogP contribution in [0.1, 0.15) is 45.9 Å². The maximum atomic E-state index is 12.9. The van der Waals surface area contributed by atoms with Gasteiger partial charge in [0, 0.05) is 25.7 Å². The number of aromatic nitrogens is 2. The standard InChI is InChI=1S/C14H23F3N4/c1-5-7-10(3)21(4)12-9-11(18-8-6-2)19-13(20-12)14(15,16)17/h9-10H,5-8H2,1-4H3,(H,18,19,20). The fraction of sp³-hybridized carbons (Fsp3) is 0.714. The number of alkyl halides is 3. The molecule has 0 amide bonds. The van der Waals surface area contributed by atoms with Gasteiger partial charge in [-0.15, -0.1) is 0 Å². The van der Waals surface area contributed by atoms with Crippen molar-refractivity contribution in [3.8, 4) is 0 Å². The number of anilines is 2. The highest BCUT2D eigenvalue weighted by molar-refractivity contribution is 5.49. The summed E-state index contributed by atoms with van der Waals surface area (Å²) in [5, 5.41) is 2.90. The highest BCUT2D eigenvalue weighted by Crippen LogP contribution is 2.29. The molecule has 0 aliphatic rings. The minimum Gasteiger partial charge on any atom is -0.370 e. The van der Waals surface area contributed by atoms with Crippen molar-refractivity contribution in [1.82, 2.24) is 9.97 Å². The Morgan fingerprint density at radius 2 is 1.90 bits per heavy atom. The van der Waals surface area contributed by atoms with E-state index in [0.717, 1.165) is 19.3 Å². The smallest absolute Gasteiger partial charge is 0.370 e. The van der Waals surface area contributed by atoms with E-state index >= 15 is 0 Å². The van der Waals surface area contributed by atoms with E-state index in [2.05, 4.69) is 15.3 Å². The van der Waals surface area contributed by atoms with E-state index in [1.165, 1.54) is 0 Å². The summed E-state index contributed by atoms with van der Waals surface area (Å²) in [5.41, 5.74) is 0. The second kappa shape index (κ2) is 7.47. The van der Waals surface area contributed by atoms with Gasteiger partial charge in [-0.1, -0.05) is 20.3 Å². The summed E-state index contributed by atoms with van der Waals surface area (Å²) in [6, 6.07) is 1.68. The van der Waals surface area contributed by atoms with Crippen molar-refractivity contribution in [3.05, 3.63) is 11.9 Å². The number of nitrogens with one attached hydrogen (secondary N) is 1. The number of hydrogen-bond donors (Lipinski definition) is 1. The Morgan fingerprint density at radius 3 is 2.43 bits per heavy atom. The van der Waals surface area contributed by atoms with E-state index in [0.29, 0.717) is 6.54 Å². The summed E-state index contributed by atoms with van der Waals surface area (Å²) in [7, 11) is 1.76. The summed E-state index contributed by atoms with van der Waals surface area (Å²) < 4.78 is 38.7. The zero-order valence-corrected chi connectivity index (χ0v) is 13.0. The normalized spacial score (nSPS) is 13.1. The molecule has 7 heteroatoms. The van der Waals surface area contributed by atoms with Crippen LogP contribution in [-0.2, 0) is 6.18 Å². The molecule has 0 saturated heterocycles. The number of halogens is 3. The lowest BCUT2D eigenvalue weighted by molar-refractivity contribution is -0.144. The molecule has 1 unspecified atom stereocenters. The van der Waals surface area contributed by atoms with Gasteiger partial charge in [-0.3, -0.25) is 0 Å². The Morgan fingerprint density at radius 1 is 1.24 bits per heavy atom. The van der Waals surface area contributed by atoms with Gasteiger partial charge in [-0.25, -0.2) is 9.97 Å². The number of rotatable bonds is 7. The SMILES string of the molecule is CCCNc1cc(N(C)C(C)CCC)nc(C(F)(F)F)n1. The van der Waals surface area contributed by atoms with Gasteiger partial charge in [0.25, 0.3) is 0 Å². The molecule has 0 bridgehead atoms. The predicted octanol–water partition coefficient (Wildman–Crippen LogP) is 3.94. The van der Waals surface area contributed by atoms with Crippen molar-refractivity contribution in [2.24, 2.45) is 0 Å². The molecule has 1 atom stereocenters. The van der Waals surface area contributed by atoms with Crippen LogP contribution in [0.5, 0.6) is 0 Å². The molecule has 0 spiro atoms. The Balaban J connectivity index is 3.11. The van der Waals surface area contributed by atoms with E-state index in [1.54, 1.807) is 18.0 Å². The van der Waals surface area contributed by atoms with Crippen LogP contribution in [-0.4, -0.2) is 29.6 Å². The molecule has 4 nitrogen and oxygen atoms in total. The first-order chi connectivity index (χ1) is 9.79. The van der Waals surface area contributed by atoms with Crippen molar-refractivity contribution in [2.75, 3.05) is 23.8 Å². The van der Waals surface area contributed by atoms with Crippen LogP contribution in [0.3, 0.4) is 0 Å². The van der Waals surface area contributed by atoms with Gasteiger partial charge in [-0.05, 0) is 19.8 Å². The van der Waals surface area contributed by atoms with E-state index < -0.39 is 12.0 Å². The molecule has 0 fully saturated rings. The van der Waals surface area contributed by atoms with Crippen LogP contribution in [0.4, 0.5) is 24.8 Å². The lowest BCUT2D eigenvalue weighted by atomic mass is 10.2. The number of hydrogen-bond acceptors (Lipinski definition) is 4. The van der Waals surface area contributed by atoms with Crippen LogP contribution in [0, 0.1) is 0 Å². The van der Waals surface area contributed by atoms with Crippen LogP contribution < -0.4 is 10.2 Å². The van der Waals surface area contributed by atoms with Crippen molar-refractivity contribution >= 4 is 11.6 Å². The Kier molecular flexibility index (Phi) is 6.23. The third-order valence-electron chi connectivity index (χ3n) is 3.25. The first-order valence-corrected chi connectivity index (χ1v) is 7.22. The largest absolute Gasteiger partial charge is 0.451 e. The molecule has 1 rings (SSSR count). The minimum absolute atomic E-state index is 0.116. The minimum atomic E-state index is -4.55. The second-order valence-electron chi connectivity index (χ2n) is 5.11. The third kappa shape index (κ3) is 5.06. The zero-order valence-electron chi connectivity index (χ0n) is 13.0. The lowest BCUT2D eigenvalue weighted by Gasteiger charge is -2.26. The molecule has 120 valence electrons. The molecule has 1 heterocycles. The molecule has 1 aromatic rings. The summed E-state index contributed by atoms with van der Waals surface area (Å²) >= 11 is 0. The second-order valence-corrected chi connectivity index (χ2v) is 5.11. The van der Waals surface area contributed by atoms with Crippen molar-refractivity contribution in [2.45, 2.75) is 52.3 Å². The van der Waals surface area contributed by atoms with Crippen molar-refractivity contribution in [3.63, 3.8) is 0 Å². The van der Waals surface area contributed by atoms with E-state index in [-0.39, 0.29) is 17.7 Å². The van der Waals surface area contributed by atoms with Crippen molar-refractivity contribution < 1.29 is 13.2 Å². The Hall–Kier alpha value is -1.53. The maximum absolute atomic E-state index is 12.9. The van der Waals surface area contributed by atoms with Gasteiger partial charge in [0.15, 0.2) is 0 Å². The first-order valence-electron chi connectivity index (χ1n) is 7.22. The Bertz CT molecular complexity index is 448. The molecule has 0 aliphatic heterocycles. The monoisotopic (exact) mass is 304 g/mol. The van der Waals surface area contributed by atoms with E-state index in [1.807, 2.05) is 20.8 Å². The van der Waals surface area contributed by atoms with Crippen LogP contribution in [0.2, 0.25) is 0 Å².